The Morgan fingerprint density at radius 3 is 2.52 bits per heavy atom. The largest absolute Gasteiger partial charge is 0.341 e. The van der Waals surface area contributed by atoms with Crippen LogP contribution in [0.1, 0.15) is 72.3 Å². The summed E-state index contributed by atoms with van der Waals surface area (Å²) in [5.74, 6) is 1.45. The number of hydrogen-bond donors (Lipinski definition) is 1. The van der Waals surface area contributed by atoms with Crippen molar-refractivity contribution < 1.29 is 4.79 Å². The van der Waals surface area contributed by atoms with Crippen molar-refractivity contribution in [1.29, 1.82) is 0 Å². The molecular formula is C16H25N5OS. The number of rotatable bonds is 6. The van der Waals surface area contributed by atoms with Crippen molar-refractivity contribution in [3.8, 4) is 0 Å². The molecule has 6 nitrogen and oxygen atoms in total. The van der Waals surface area contributed by atoms with Crippen LogP contribution in [0, 0.1) is 12.8 Å². The molecule has 0 unspecified atom stereocenters. The molecule has 2 rings (SSSR count). The fraction of sp³-hybridized carbons (Fsp3) is 0.625. The summed E-state index contributed by atoms with van der Waals surface area (Å²) < 4.78 is 1.71. The van der Waals surface area contributed by atoms with Gasteiger partial charge in [-0.05, 0) is 19.3 Å². The molecule has 1 N–H and O–H groups in total. The van der Waals surface area contributed by atoms with Gasteiger partial charge in [-0.3, -0.25) is 9.48 Å². The fourth-order valence-electron chi connectivity index (χ4n) is 2.42. The highest BCUT2D eigenvalue weighted by Crippen LogP contribution is 2.26. The van der Waals surface area contributed by atoms with Gasteiger partial charge in [0.1, 0.15) is 17.0 Å². The van der Waals surface area contributed by atoms with E-state index >= 15 is 0 Å². The summed E-state index contributed by atoms with van der Waals surface area (Å²) in [6, 6.07) is -0.154. The van der Waals surface area contributed by atoms with Crippen molar-refractivity contribution in [2.75, 3.05) is 0 Å². The zero-order valence-electron chi connectivity index (χ0n) is 14.6. The van der Waals surface area contributed by atoms with Crippen molar-refractivity contribution in [2.45, 2.75) is 53.0 Å². The lowest BCUT2D eigenvalue weighted by molar-refractivity contribution is 0.0932. The second kappa shape index (κ2) is 7.21. The molecule has 126 valence electrons. The zero-order valence-corrected chi connectivity index (χ0v) is 15.4. The molecule has 0 saturated carbocycles. The minimum absolute atomic E-state index is 0.0828. The molecule has 2 heterocycles. The Bertz CT molecular complexity index is 674. The van der Waals surface area contributed by atoms with Crippen molar-refractivity contribution >= 4 is 17.2 Å². The van der Waals surface area contributed by atoms with E-state index in [0.29, 0.717) is 16.7 Å². The number of nitrogens with zero attached hydrogens (tertiary/aromatic N) is 4. The lowest BCUT2D eigenvalue weighted by Gasteiger charge is -2.19. The van der Waals surface area contributed by atoms with E-state index < -0.39 is 0 Å². The van der Waals surface area contributed by atoms with Crippen LogP contribution in [0.2, 0.25) is 0 Å². The molecule has 0 bridgehead atoms. The second-order valence-electron chi connectivity index (χ2n) is 6.52. The van der Waals surface area contributed by atoms with Crippen LogP contribution < -0.4 is 5.32 Å². The van der Waals surface area contributed by atoms with Crippen LogP contribution in [0.4, 0.5) is 0 Å². The van der Waals surface area contributed by atoms with Crippen molar-refractivity contribution in [3.05, 3.63) is 27.7 Å². The highest BCUT2D eigenvalue weighted by Gasteiger charge is 2.24. The van der Waals surface area contributed by atoms with E-state index in [0.717, 1.165) is 22.9 Å². The highest BCUT2D eigenvalue weighted by molar-refractivity contribution is 7.13. The maximum Gasteiger partial charge on any atom is 0.263 e. The fourth-order valence-corrected chi connectivity index (χ4v) is 3.39. The molecule has 7 heteroatoms. The van der Waals surface area contributed by atoms with E-state index in [1.165, 1.54) is 17.7 Å². The van der Waals surface area contributed by atoms with Gasteiger partial charge in [0.25, 0.3) is 5.91 Å². The highest BCUT2D eigenvalue weighted by atomic mass is 32.1. The van der Waals surface area contributed by atoms with Crippen molar-refractivity contribution in [3.63, 3.8) is 0 Å². The van der Waals surface area contributed by atoms with Gasteiger partial charge in [0.15, 0.2) is 0 Å². The van der Waals surface area contributed by atoms with Crippen molar-refractivity contribution in [1.82, 2.24) is 25.1 Å². The lowest BCUT2D eigenvalue weighted by Crippen LogP contribution is -2.31. The Labute approximate surface area is 141 Å². The van der Waals surface area contributed by atoms with Gasteiger partial charge in [0, 0.05) is 13.0 Å². The molecule has 1 atom stereocenters. The summed E-state index contributed by atoms with van der Waals surface area (Å²) in [6.07, 6.45) is 2.33. The van der Waals surface area contributed by atoms with Gasteiger partial charge in [0.2, 0.25) is 0 Å². The van der Waals surface area contributed by atoms with Crippen LogP contribution >= 0.6 is 11.3 Å². The minimum Gasteiger partial charge on any atom is -0.341 e. The first-order valence-electron chi connectivity index (χ1n) is 7.91. The zero-order chi connectivity index (χ0) is 17.1. The summed E-state index contributed by atoms with van der Waals surface area (Å²) in [6.45, 7) is 10.3. The van der Waals surface area contributed by atoms with Gasteiger partial charge in [-0.15, -0.1) is 11.3 Å². The van der Waals surface area contributed by atoms with Crippen LogP contribution in [-0.4, -0.2) is 25.7 Å². The standard InChI is InChI=1S/C16H25N5OS/c1-9(2)7-12(14-17-8-18-21(14)6)20-15(22)13-11(5)19-16(23-13)10(3)4/h8-10,12H,7H2,1-6H3,(H,20,22)/t12-/m0/s1. The third kappa shape index (κ3) is 4.16. The molecule has 0 aliphatic rings. The smallest absolute Gasteiger partial charge is 0.263 e. The van der Waals surface area contributed by atoms with Crippen LogP contribution in [0.5, 0.6) is 0 Å². The maximum absolute atomic E-state index is 12.7. The average molecular weight is 335 g/mol. The van der Waals surface area contributed by atoms with E-state index in [1.807, 2.05) is 14.0 Å². The quantitative estimate of drug-likeness (QED) is 0.879. The maximum atomic E-state index is 12.7. The molecule has 23 heavy (non-hydrogen) atoms. The Hall–Kier alpha value is -1.76. The van der Waals surface area contributed by atoms with E-state index in [-0.39, 0.29) is 11.9 Å². The van der Waals surface area contributed by atoms with Gasteiger partial charge >= 0.3 is 0 Å². The molecule has 0 aromatic carbocycles. The molecule has 0 spiro atoms. The number of amides is 1. The van der Waals surface area contributed by atoms with Gasteiger partial charge < -0.3 is 5.32 Å². The van der Waals surface area contributed by atoms with Gasteiger partial charge in [-0.1, -0.05) is 27.7 Å². The Kier molecular flexibility index (Phi) is 5.51. The lowest BCUT2D eigenvalue weighted by atomic mass is 10.0. The molecule has 0 saturated heterocycles. The number of nitrogens with one attached hydrogen (secondary N) is 1. The van der Waals surface area contributed by atoms with E-state index in [4.69, 9.17) is 0 Å². The summed E-state index contributed by atoms with van der Waals surface area (Å²) in [5, 5.41) is 8.22. The van der Waals surface area contributed by atoms with Gasteiger partial charge in [-0.25, -0.2) is 9.97 Å². The number of thiazole rings is 1. The van der Waals surface area contributed by atoms with E-state index in [9.17, 15) is 4.79 Å². The van der Waals surface area contributed by atoms with Gasteiger partial charge in [-0.2, -0.15) is 5.10 Å². The first-order valence-corrected chi connectivity index (χ1v) is 8.73. The minimum atomic E-state index is -0.154. The Morgan fingerprint density at radius 1 is 1.35 bits per heavy atom. The predicted molar refractivity (Wildman–Crippen MR) is 91.6 cm³/mol. The third-order valence-corrected chi connectivity index (χ3v) is 5.04. The number of carbonyl (C=O) groups excluding carboxylic acids is 1. The molecular weight excluding hydrogens is 310 g/mol. The molecule has 1 amide bonds. The van der Waals surface area contributed by atoms with E-state index in [2.05, 4.69) is 48.1 Å². The third-order valence-electron chi connectivity index (χ3n) is 3.58. The molecule has 0 aliphatic carbocycles. The van der Waals surface area contributed by atoms with Crippen molar-refractivity contribution in [2.24, 2.45) is 13.0 Å². The average Bonchev–Trinajstić information content (AvgIpc) is 3.03. The SMILES string of the molecule is Cc1nc(C(C)C)sc1C(=O)N[C@@H](CC(C)C)c1ncnn1C. The van der Waals surface area contributed by atoms with Crippen LogP contribution in [0.25, 0.3) is 0 Å². The molecule has 2 aromatic rings. The molecule has 0 fully saturated rings. The summed E-state index contributed by atoms with van der Waals surface area (Å²) in [7, 11) is 1.84. The molecule has 2 aromatic heterocycles. The topological polar surface area (TPSA) is 72.7 Å². The Balaban J connectivity index is 2.22. The molecule has 0 radical (unpaired) electrons. The van der Waals surface area contributed by atoms with Crippen LogP contribution in [0.3, 0.4) is 0 Å². The second-order valence-corrected chi connectivity index (χ2v) is 7.55. The Morgan fingerprint density at radius 2 is 2.04 bits per heavy atom. The summed E-state index contributed by atoms with van der Waals surface area (Å²) >= 11 is 1.47. The number of aromatic nitrogens is 4. The number of hydrogen-bond acceptors (Lipinski definition) is 5. The monoisotopic (exact) mass is 335 g/mol. The number of aryl methyl sites for hydroxylation is 2. The normalized spacial score (nSPS) is 12.9. The molecule has 0 aliphatic heterocycles. The first-order chi connectivity index (χ1) is 10.8. The summed E-state index contributed by atoms with van der Waals surface area (Å²) in [4.78, 5) is 22.2. The van der Waals surface area contributed by atoms with Gasteiger partial charge in [0.05, 0.1) is 16.7 Å². The first kappa shape index (κ1) is 17.6. The van der Waals surface area contributed by atoms with Crippen LogP contribution in [0.15, 0.2) is 6.33 Å². The van der Waals surface area contributed by atoms with E-state index in [1.54, 1.807) is 4.68 Å². The van der Waals surface area contributed by atoms with Crippen LogP contribution in [-0.2, 0) is 7.05 Å². The predicted octanol–water partition coefficient (Wildman–Crippen LogP) is 3.22. The summed E-state index contributed by atoms with van der Waals surface area (Å²) in [5.41, 5.74) is 0.789. The number of carbonyl (C=O) groups is 1.